The fraction of sp³-hybridized carbons (Fsp3) is 0.500. The third-order valence-corrected chi connectivity index (χ3v) is 2.30. The van der Waals surface area contributed by atoms with Gasteiger partial charge >= 0.3 is 0 Å². The fourth-order valence-corrected chi connectivity index (χ4v) is 1.45. The first-order valence-corrected chi connectivity index (χ1v) is 5.64. The zero-order valence-electron chi connectivity index (χ0n) is 10.3. The third kappa shape index (κ3) is 4.84. The zero-order valence-corrected chi connectivity index (χ0v) is 10.3. The van der Waals surface area contributed by atoms with Gasteiger partial charge in [0.1, 0.15) is 5.75 Å². The maximum Gasteiger partial charge on any atom is 0.120 e. The summed E-state index contributed by atoms with van der Waals surface area (Å²) in [6, 6.07) is 9.39. The zero-order chi connectivity index (χ0) is 12.0. The molecule has 86 valence electrons. The number of benzene rings is 1. The van der Waals surface area contributed by atoms with Gasteiger partial charge in [-0.1, -0.05) is 26.8 Å². The smallest absolute Gasteiger partial charge is 0.120 e. The Morgan fingerprint density at radius 3 is 2.69 bits per heavy atom. The molecule has 0 unspecified atom stereocenters. The van der Waals surface area contributed by atoms with E-state index < -0.39 is 0 Å². The van der Waals surface area contributed by atoms with Gasteiger partial charge in [-0.25, -0.2) is 0 Å². The molecule has 0 radical (unpaired) electrons. The molecule has 0 atom stereocenters. The Kier molecular flexibility index (Phi) is 4.37. The number of hydrogen-bond acceptors (Lipinski definition) is 2. The summed E-state index contributed by atoms with van der Waals surface area (Å²) in [4.78, 5) is 0. The van der Waals surface area contributed by atoms with E-state index in [0.717, 1.165) is 18.6 Å². The van der Waals surface area contributed by atoms with E-state index in [-0.39, 0.29) is 0 Å². The molecule has 0 amide bonds. The van der Waals surface area contributed by atoms with Crippen molar-refractivity contribution in [3.8, 4) is 11.8 Å². The van der Waals surface area contributed by atoms with Crippen LogP contribution in [0, 0.1) is 16.7 Å². The van der Waals surface area contributed by atoms with Crippen LogP contribution in [0.2, 0.25) is 0 Å². The maximum atomic E-state index is 8.73. The second-order valence-corrected chi connectivity index (χ2v) is 5.15. The lowest BCUT2D eigenvalue weighted by molar-refractivity contribution is 0.269. The fourth-order valence-electron chi connectivity index (χ4n) is 1.45. The molecular weight excluding hydrogens is 198 g/mol. The molecule has 0 aromatic heterocycles. The molecule has 1 aromatic rings. The van der Waals surface area contributed by atoms with E-state index in [1.807, 2.05) is 12.1 Å². The molecule has 0 spiro atoms. The van der Waals surface area contributed by atoms with E-state index in [2.05, 4.69) is 26.8 Å². The van der Waals surface area contributed by atoms with E-state index >= 15 is 0 Å². The summed E-state index contributed by atoms with van der Waals surface area (Å²) in [5, 5.41) is 8.73. The topological polar surface area (TPSA) is 33.0 Å². The molecule has 1 rings (SSSR count). The standard InChI is InChI=1S/C14H19NO/c1-14(2,3)8-5-9-16-13-7-4-6-12(10-13)11-15/h4,6-7,10H,5,8-9H2,1-3H3. The van der Waals surface area contributed by atoms with Crippen LogP contribution >= 0.6 is 0 Å². The van der Waals surface area contributed by atoms with Crippen LogP contribution in [0.3, 0.4) is 0 Å². The molecule has 0 aliphatic rings. The minimum Gasteiger partial charge on any atom is -0.494 e. The number of hydrogen-bond donors (Lipinski definition) is 0. The lowest BCUT2D eigenvalue weighted by Gasteiger charge is -2.17. The molecule has 0 N–H and O–H groups in total. The van der Waals surface area contributed by atoms with Gasteiger partial charge in [-0.2, -0.15) is 5.26 Å². The Bertz CT molecular complexity index is 371. The van der Waals surface area contributed by atoms with E-state index in [1.54, 1.807) is 12.1 Å². The Labute approximate surface area is 97.9 Å². The predicted octanol–water partition coefficient (Wildman–Crippen LogP) is 3.76. The van der Waals surface area contributed by atoms with Crippen LogP contribution in [0.5, 0.6) is 5.75 Å². The molecule has 0 saturated carbocycles. The Morgan fingerprint density at radius 1 is 1.31 bits per heavy atom. The van der Waals surface area contributed by atoms with Crippen molar-refractivity contribution >= 4 is 0 Å². The van der Waals surface area contributed by atoms with Crippen LogP contribution in [0.4, 0.5) is 0 Å². The quantitative estimate of drug-likeness (QED) is 0.719. The van der Waals surface area contributed by atoms with Gasteiger partial charge in [-0.05, 0) is 36.5 Å². The highest BCUT2D eigenvalue weighted by Crippen LogP contribution is 2.21. The van der Waals surface area contributed by atoms with E-state index in [0.29, 0.717) is 17.6 Å². The van der Waals surface area contributed by atoms with Gasteiger partial charge in [-0.3, -0.25) is 0 Å². The summed E-state index contributed by atoms with van der Waals surface area (Å²) in [6.45, 7) is 7.39. The van der Waals surface area contributed by atoms with Gasteiger partial charge in [0.25, 0.3) is 0 Å². The molecule has 0 saturated heterocycles. The normalized spacial score (nSPS) is 10.9. The summed E-state index contributed by atoms with van der Waals surface area (Å²) in [5.41, 5.74) is 1.01. The Balaban J connectivity index is 2.35. The molecule has 0 bridgehead atoms. The van der Waals surface area contributed by atoms with Crippen molar-refractivity contribution in [2.24, 2.45) is 5.41 Å². The first-order valence-electron chi connectivity index (χ1n) is 5.64. The number of ether oxygens (including phenoxy) is 1. The van der Waals surface area contributed by atoms with Crippen LogP contribution in [-0.4, -0.2) is 6.61 Å². The summed E-state index contributed by atoms with van der Waals surface area (Å²) in [7, 11) is 0. The Hall–Kier alpha value is -1.49. The van der Waals surface area contributed by atoms with Gasteiger partial charge < -0.3 is 4.74 Å². The summed E-state index contributed by atoms with van der Waals surface area (Å²) in [6.07, 6.45) is 2.19. The van der Waals surface area contributed by atoms with Crippen molar-refractivity contribution in [1.29, 1.82) is 5.26 Å². The van der Waals surface area contributed by atoms with Crippen LogP contribution in [0.1, 0.15) is 39.2 Å². The number of rotatable bonds is 4. The van der Waals surface area contributed by atoms with E-state index in [9.17, 15) is 0 Å². The average Bonchev–Trinajstić information content (AvgIpc) is 2.23. The molecule has 2 heteroatoms. The van der Waals surface area contributed by atoms with Crippen molar-refractivity contribution in [3.05, 3.63) is 29.8 Å². The van der Waals surface area contributed by atoms with Gasteiger partial charge in [0.2, 0.25) is 0 Å². The maximum absolute atomic E-state index is 8.73. The lowest BCUT2D eigenvalue weighted by atomic mass is 9.91. The van der Waals surface area contributed by atoms with Crippen LogP contribution in [0.25, 0.3) is 0 Å². The molecular formula is C14H19NO. The van der Waals surface area contributed by atoms with Crippen LogP contribution in [-0.2, 0) is 0 Å². The van der Waals surface area contributed by atoms with Crippen molar-refractivity contribution in [3.63, 3.8) is 0 Å². The van der Waals surface area contributed by atoms with Crippen molar-refractivity contribution in [2.75, 3.05) is 6.61 Å². The van der Waals surface area contributed by atoms with Gasteiger partial charge in [0.05, 0.1) is 18.2 Å². The summed E-state index contributed by atoms with van der Waals surface area (Å²) >= 11 is 0. The molecule has 0 heterocycles. The van der Waals surface area contributed by atoms with E-state index in [1.165, 1.54) is 0 Å². The molecule has 0 aliphatic heterocycles. The summed E-state index contributed by atoms with van der Waals surface area (Å²) < 4.78 is 5.59. The average molecular weight is 217 g/mol. The van der Waals surface area contributed by atoms with Crippen molar-refractivity contribution in [1.82, 2.24) is 0 Å². The van der Waals surface area contributed by atoms with Crippen molar-refractivity contribution < 1.29 is 4.74 Å². The van der Waals surface area contributed by atoms with Gasteiger partial charge in [-0.15, -0.1) is 0 Å². The molecule has 0 fully saturated rings. The van der Waals surface area contributed by atoms with Crippen LogP contribution in [0.15, 0.2) is 24.3 Å². The van der Waals surface area contributed by atoms with Gasteiger partial charge in [0, 0.05) is 0 Å². The highest BCUT2D eigenvalue weighted by atomic mass is 16.5. The summed E-state index contributed by atoms with van der Waals surface area (Å²) in [5.74, 6) is 0.785. The third-order valence-electron chi connectivity index (χ3n) is 2.30. The Morgan fingerprint density at radius 2 is 2.06 bits per heavy atom. The number of nitrogens with zero attached hydrogens (tertiary/aromatic N) is 1. The highest BCUT2D eigenvalue weighted by Gasteiger charge is 2.09. The van der Waals surface area contributed by atoms with Crippen molar-refractivity contribution in [2.45, 2.75) is 33.6 Å². The molecule has 0 aliphatic carbocycles. The largest absolute Gasteiger partial charge is 0.494 e. The lowest BCUT2D eigenvalue weighted by Crippen LogP contribution is -2.07. The second kappa shape index (κ2) is 5.55. The SMILES string of the molecule is CC(C)(C)CCCOc1cccc(C#N)c1. The minimum atomic E-state index is 0.359. The first kappa shape index (κ1) is 12.6. The van der Waals surface area contributed by atoms with E-state index in [4.69, 9.17) is 10.00 Å². The monoisotopic (exact) mass is 217 g/mol. The second-order valence-electron chi connectivity index (χ2n) is 5.15. The minimum absolute atomic E-state index is 0.359. The van der Waals surface area contributed by atoms with Gasteiger partial charge in [0.15, 0.2) is 0 Å². The highest BCUT2D eigenvalue weighted by molar-refractivity contribution is 5.36. The predicted molar refractivity (Wildman–Crippen MR) is 65.3 cm³/mol. The molecule has 1 aromatic carbocycles. The first-order chi connectivity index (χ1) is 7.51. The molecule has 16 heavy (non-hydrogen) atoms. The number of nitriles is 1. The van der Waals surface area contributed by atoms with Crippen LogP contribution < -0.4 is 4.74 Å². The molecule has 2 nitrogen and oxygen atoms in total.